The van der Waals surface area contributed by atoms with E-state index >= 15 is 0 Å². The minimum absolute atomic E-state index is 0.00695. The second-order valence-corrected chi connectivity index (χ2v) is 7.12. The lowest BCUT2D eigenvalue weighted by Crippen LogP contribution is -2.50. The third-order valence-corrected chi connectivity index (χ3v) is 4.90. The van der Waals surface area contributed by atoms with Crippen molar-refractivity contribution in [3.8, 4) is 0 Å². The number of anilines is 2. The van der Waals surface area contributed by atoms with Gasteiger partial charge in [-0.05, 0) is 36.4 Å². The van der Waals surface area contributed by atoms with Crippen LogP contribution in [0, 0.1) is 0 Å². The van der Waals surface area contributed by atoms with Crippen molar-refractivity contribution in [3.05, 3.63) is 53.9 Å². The van der Waals surface area contributed by atoms with Crippen LogP contribution in [0.4, 0.5) is 11.4 Å². The van der Waals surface area contributed by atoms with Gasteiger partial charge < -0.3 is 20.0 Å². The fraction of sp³-hybridized carbons (Fsp3) is 0.333. The van der Waals surface area contributed by atoms with Crippen LogP contribution in [0.1, 0.15) is 27.8 Å². The number of amides is 3. The number of piperazine rings is 1. The first-order chi connectivity index (χ1) is 13.8. The van der Waals surface area contributed by atoms with E-state index < -0.39 is 0 Å². The molecular weight excluding hydrogens is 370 g/mol. The SMILES string of the molecule is CC(=O)N1CCN(C(=O)c2cc(C(=O)Nc3ccc(N(C)C)cc3)ccn2)CC1. The average molecular weight is 395 g/mol. The first kappa shape index (κ1) is 20.3. The van der Waals surface area contributed by atoms with E-state index in [-0.39, 0.29) is 23.4 Å². The van der Waals surface area contributed by atoms with Crippen molar-refractivity contribution in [1.29, 1.82) is 0 Å². The molecule has 1 aliphatic heterocycles. The highest BCUT2D eigenvalue weighted by Gasteiger charge is 2.24. The number of carbonyl (C=O) groups excluding carboxylic acids is 3. The van der Waals surface area contributed by atoms with E-state index in [2.05, 4.69) is 10.3 Å². The first-order valence-corrected chi connectivity index (χ1v) is 9.45. The highest BCUT2D eigenvalue weighted by molar-refractivity contribution is 6.05. The highest BCUT2D eigenvalue weighted by atomic mass is 16.2. The largest absolute Gasteiger partial charge is 0.378 e. The van der Waals surface area contributed by atoms with Gasteiger partial charge in [-0.25, -0.2) is 0 Å². The molecule has 1 aliphatic rings. The van der Waals surface area contributed by atoms with Crippen LogP contribution in [-0.2, 0) is 4.79 Å². The summed E-state index contributed by atoms with van der Waals surface area (Å²) in [5.74, 6) is -0.536. The summed E-state index contributed by atoms with van der Waals surface area (Å²) in [6, 6.07) is 10.6. The van der Waals surface area contributed by atoms with E-state index in [1.165, 1.54) is 19.2 Å². The second kappa shape index (κ2) is 8.72. The number of pyridine rings is 1. The molecule has 8 heteroatoms. The van der Waals surface area contributed by atoms with Gasteiger partial charge >= 0.3 is 0 Å². The van der Waals surface area contributed by atoms with E-state index in [1.54, 1.807) is 15.9 Å². The van der Waals surface area contributed by atoms with Gasteiger partial charge in [-0.1, -0.05) is 0 Å². The van der Waals surface area contributed by atoms with Crippen molar-refractivity contribution in [3.63, 3.8) is 0 Å². The zero-order chi connectivity index (χ0) is 21.0. The van der Waals surface area contributed by atoms with Gasteiger partial charge in [0.2, 0.25) is 5.91 Å². The summed E-state index contributed by atoms with van der Waals surface area (Å²) in [4.78, 5) is 46.2. The fourth-order valence-electron chi connectivity index (χ4n) is 3.12. The molecule has 1 saturated heterocycles. The third kappa shape index (κ3) is 4.90. The van der Waals surface area contributed by atoms with Gasteiger partial charge in [0.25, 0.3) is 11.8 Å². The molecule has 0 atom stereocenters. The minimum Gasteiger partial charge on any atom is -0.378 e. The molecular formula is C21H25N5O3. The Morgan fingerprint density at radius 1 is 0.966 bits per heavy atom. The molecule has 3 amide bonds. The number of carbonyl (C=O) groups is 3. The summed E-state index contributed by atoms with van der Waals surface area (Å²) >= 11 is 0. The Morgan fingerprint density at radius 2 is 1.59 bits per heavy atom. The van der Waals surface area contributed by atoms with Crippen LogP contribution in [0.25, 0.3) is 0 Å². The highest BCUT2D eigenvalue weighted by Crippen LogP contribution is 2.17. The first-order valence-electron chi connectivity index (χ1n) is 9.45. The zero-order valence-electron chi connectivity index (χ0n) is 16.9. The Kier molecular flexibility index (Phi) is 6.11. The van der Waals surface area contributed by atoms with Gasteiger partial charge in [0, 0.05) is 70.3 Å². The van der Waals surface area contributed by atoms with E-state index in [0.717, 1.165) is 5.69 Å². The molecule has 29 heavy (non-hydrogen) atoms. The molecule has 1 N–H and O–H groups in total. The van der Waals surface area contributed by atoms with E-state index in [9.17, 15) is 14.4 Å². The summed E-state index contributed by atoms with van der Waals surface area (Å²) in [6.07, 6.45) is 1.46. The molecule has 8 nitrogen and oxygen atoms in total. The van der Waals surface area contributed by atoms with Gasteiger partial charge in [0.15, 0.2) is 0 Å². The maximum atomic E-state index is 12.7. The lowest BCUT2D eigenvalue weighted by Gasteiger charge is -2.34. The van der Waals surface area contributed by atoms with Gasteiger partial charge in [-0.2, -0.15) is 0 Å². The smallest absolute Gasteiger partial charge is 0.272 e. The Labute approximate surface area is 170 Å². The van der Waals surface area contributed by atoms with Gasteiger partial charge in [-0.3, -0.25) is 19.4 Å². The van der Waals surface area contributed by atoms with E-state index in [4.69, 9.17) is 0 Å². The average Bonchev–Trinajstić information content (AvgIpc) is 2.73. The monoisotopic (exact) mass is 395 g/mol. The number of rotatable bonds is 4. The van der Waals surface area contributed by atoms with Crippen LogP contribution in [0.2, 0.25) is 0 Å². The fourth-order valence-corrected chi connectivity index (χ4v) is 3.12. The van der Waals surface area contributed by atoms with Crippen molar-refractivity contribution in [1.82, 2.24) is 14.8 Å². The number of aromatic nitrogens is 1. The molecule has 2 heterocycles. The molecule has 0 saturated carbocycles. The van der Waals surface area contributed by atoms with Crippen molar-refractivity contribution in [2.24, 2.45) is 0 Å². The molecule has 1 fully saturated rings. The van der Waals surface area contributed by atoms with Crippen LogP contribution >= 0.6 is 0 Å². The molecule has 152 valence electrons. The third-order valence-electron chi connectivity index (χ3n) is 4.90. The predicted octanol–water partition coefficient (Wildman–Crippen LogP) is 1.70. The number of hydrogen-bond acceptors (Lipinski definition) is 5. The molecule has 0 radical (unpaired) electrons. The topological polar surface area (TPSA) is 85.8 Å². The van der Waals surface area contributed by atoms with Crippen LogP contribution < -0.4 is 10.2 Å². The van der Waals surface area contributed by atoms with Gasteiger partial charge in [0.1, 0.15) is 5.69 Å². The Morgan fingerprint density at radius 3 is 2.17 bits per heavy atom. The maximum absolute atomic E-state index is 12.7. The van der Waals surface area contributed by atoms with Crippen LogP contribution in [0.5, 0.6) is 0 Å². The lowest BCUT2D eigenvalue weighted by atomic mass is 10.2. The molecule has 0 aliphatic carbocycles. The Bertz CT molecular complexity index is 903. The molecule has 3 rings (SSSR count). The van der Waals surface area contributed by atoms with Crippen molar-refractivity contribution >= 4 is 29.1 Å². The summed E-state index contributed by atoms with van der Waals surface area (Å²) in [7, 11) is 3.89. The van der Waals surface area contributed by atoms with E-state index in [1.807, 2.05) is 43.3 Å². The molecule has 1 aromatic carbocycles. The quantitative estimate of drug-likeness (QED) is 0.852. The minimum atomic E-state index is -0.305. The summed E-state index contributed by atoms with van der Waals surface area (Å²) in [5.41, 5.74) is 2.29. The van der Waals surface area contributed by atoms with Crippen molar-refractivity contribution in [2.45, 2.75) is 6.92 Å². The maximum Gasteiger partial charge on any atom is 0.272 e. The zero-order valence-corrected chi connectivity index (χ0v) is 16.9. The van der Waals surface area contributed by atoms with Crippen LogP contribution in [0.3, 0.4) is 0 Å². The van der Waals surface area contributed by atoms with Gasteiger partial charge in [0.05, 0.1) is 0 Å². The number of nitrogens with one attached hydrogen (secondary N) is 1. The van der Waals surface area contributed by atoms with E-state index in [0.29, 0.717) is 37.4 Å². The summed E-state index contributed by atoms with van der Waals surface area (Å²) in [6.45, 7) is 3.44. The number of nitrogens with zero attached hydrogens (tertiary/aromatic N) is 4. The second-order valence-electron chi connectivity index (χ2n) is 7.12. The number of hydrogen-bond donors (Lipinski definition) is 1. The summed E-state index contributed by atoms with van der Waals surface area (Å²) < 4.78 is 0. The standard InChI is InChI=1S/C21H25N5O3/c1-15(27)25-10-12-26(13-11-25)21(29)19-14-16(8-9-22-19)20(28)23-17-4-6-18(7-5-17)24(2)3/h4-9,14H,10-13H2,1-3H3,(H,23,28). The number of benzene rings is 1. The van der Waals surface area contributed by atoms with Gasteiger partial charge in [-0.15, -0.1) is 0 Å². The van der Waals surface area contributed by atoms with Crippen molar-refractivity contribution in [2.75, 3.05) is 50.5 Å². The predicted molar refractivity (Wildman–Crippen MR) is 111 cm³/mol. The summed E-state index contributed by atoms with van der Waals surface area (Å²) in [5, 5.41) is 2.83. The van der Waals surface area contributed by atoms with Crippen LogP contribution in [-0.4, -0.2) is 72.8 Å². The molecule has 0 bridgehead atoms. The molecule has 0 spiro atoms. The van der Waals surface area contributed by atoms with Crippen molar-refractivity contribution < 1.29 is 14.4 Å². The Balaban J connectivity index is 1.66. The molecule has 1 aromatic heterocycles. The van der Waals surface area contributed by atoms with Crippen LogP contribution in [0.15, 0.2) is 42.6 Å². The molecule has 0 unspecified atom stereocenters. The Hall–Kier alpha value is -3.42. The lowest BCUT2D eigenvalue weighted by molar-refractivity contribution is -0.130. The molecule has 2 aromatic rings. The normalized spacial score (nSPS) is 13.8.